The lowest BCUT2D eigenvalue weighted by atomic mass is 9.96. The number of ketones is 1. The summed E-state index contributed by atoms with van der Waals surface area (Å²) in [7, 11) is 1.64. The number of carboxylic acid groups (broad SMARTS) is 1. The van der Waals surface area contributed by atoms with Crippen LogP contribution < -0.4 is 0 Å². The first-order valence-electron chi connectivity index (χ1n) is 6.57. The first-order chi connectivity index (χ1) is 9.56. The Bertz CT molecular complexity index is 674. The number of rotatable bonds is 3. The average molecular weight is 269 g/mol. The van der Waals surface area contributed by atoms with Crippen LogP contribution in [-0.4, -0.2) is 21.4 Å². The number of carbonyl (C=O) groups excluding carboxylic acids is 1. The molecule has 0 radical (unpaired) electrons. The first-order valence-corrected chi connectivity index (χ1v) is 6.57. The molecule has 0 aliphatic heterocycles. The van der Waals surface area contributed by atoms with Crippen molar-refractivity contribution in [2.75, 3.05) is 0 Å². The van der Waals surface area contributed by atoms with E-state index in [1.165, 1.54) is 21.8 Å². The fourth-order valence-electron chi connectivity index (χ4n) is 2.89. The summed E-state index contributed by atoms with van der Waals surface area (Å²) in [5, 5.41) is 9.04. The number of benzene rings is 1. The molecule has 2 aromatic rings. The molecule has 1 heterocycles. The molecule has 1 aromatic carbocycles. The normalized spacial score (nSPS) is 14.2. The number of aromatic carboxylic acids is 1. The van der Waals surface area contributed by atoms with Crippen molar-refractivity contribution in [2.24, 2.45) is 13.0 Å². The van der Waals surface area contributed by atoms with E-state index in [0.717, 1.165) is 12.8 Å². The van der Waals surface area contributed by atoms with Gasteiger partial charge < -0.3 is 9.67 Å². The summed E-state index contributed by atoms with van der Waals surface area (Å²) < 4.78 is 1.48. The van der Waals surface area contributed by atoms with Crippen LogP contribution in [0.1, 0.15) is 32.0 Å². The number of carboxylic acids is 1. The van der Waals surface area contributed by atoms with Gasteiger partial charge in [0.25, 0.3) is 0 Å². The first kappa shape index (κ1) is 12.7. The molecule has 0 atom stereocenters. The van der Waals surface area contributed by atoms with Gasteiger partial charge in [0.15, 0.2) is 5.78 Å². The number of fused-ring (bicyclic) bond motifs is 1. The molecule has 1 aromatic heterocycles. The Balaban J connectivity index is 1.85. The molecule has 0 saturated carbocycles. The van der Waals surface area contributed by atoms with Crippen LogP contribution in [0.15, 0.2) is 36.5 Å². The highest BCUT2D eigenvalue weighted by molar-refractivity contribution is 6.00. The molecule has 0 amide bonds. The van der Waals surface area contributed by atoms with Gasteiger partial charge in [-0.25, -0.2) is 4.79 Å². The van der Waals surface area contributed by atoms with Gasteiger partial charge in [0.2, 0.25) is 0 Å². The van der Waals surface area contributed by atoms with Crippen molar-refractivity contribution < 1.29 is 14.7 Å². The smallest absolute Gasteiger partial charge is 0.352 e. The SMILES string of the molecule is Cn1cc(C(=O)C2Cc3ccccc3C2)cc1C(=O)O. The standard InChI is InChI=1S/C16H15NO3/c1-17-9-13(8-14(17)16(19)20)15(18)12-6-10-4-2-3-5-11(10)7-12/h2-5,8-9,12H,6-7H2,1H3,(H,19,20). The monoisotopic (exact) mass is 269 g/mol. The van der Waals surface area contributed by atoms with E-state index in [-0.39, 0.29) is 17.4 Å². The predicted molar refractivity (Wildman–Crippen MR) is 74.0 cm³/mol. The highest BCUT2D eigenvalue weighted by atomic mass is 16.4. The predicted octanol–water partition coefficient (Wildman–Crippen LogP) is 2.32. The zero-order chi connectivity index (χ0) is 14.3. The van der Waals surface area contributed by atoms with Crippen LogP contribution in [0, 0.1) is 5.92 Å². The second kappa shape index (κ2) is 4.63. The molecule has 4 heteroatoms. The molecule has 0 unspecified atom stereocenters. The Morgan fingerprint density at radius 3 is 2.30 bits per heavy atom. The Kier molecular flexibility index (Phi) is 2.93. The maximum absolute atomic E-state index is 12.5. The second-order valence-electron chi connectivity index (χ2n) is 5.27. The molecular formula is C16H15NO3. The van der Waals surface area contributed by atoms with Crippen molar-refractivity contribution in [3.63, 3.8) is 0 Å². The topological polar surface area (TPSA) is 59.3 Å². The molecule has 0 fully saturated rings. The molecule has 102 valence electrons. The van der Waals surface area contributed by atoms with Crippen LogP contribution in [0.3, 0.4) is 0 Å². The molecule has 0 saturated heterocycles. The van der Waals surface area contributed by atoms with Crippen LogP contribution in [0.5, 0.6) is 0 Å². The summed E-state index contributed by atoms with van der Waals surface area (Å²) in [6.07, 6.45) is 3.09. The van der Waals surface area contributed by atoms with Gasteiger partial charge in [-0.15, -0.1) is 0 Å². The van der Waals surface area contributed by atoms with E-state index in [4.69, 9.17) is 5.11 Å². The maximum Gasteiger partial charge on any atom is 0.352 e. The molecule has 20 heavy (non-hydrogen) atoms. The van der Waals surface area contributed by atoms with Gasteiger partial charge >= 0.3 is 5.97 Å². The van der Waals surface area contributed by atoms with Crippen LogP contribution >= 0.6 is 0 Å². The maximum atomic E-state index is 12.5. The number of hydrogen-bond donors (Lipinski definition) is 1. The number of carbonyl (C=O) groups is 2. The molecule has 1 N–H and O–H groups in total. The van der Waals surface area contributed by atoms with E-state index in [1.54, 1.807) is 13.2 Å². The van der Waals surface area contributed by atoms with E-state index in [1.807, 2.05) is 12.1 Å². The van der Waals surface area contributed by atoms with E-state index in [2.05, 4.69) is 12.1 Å². The van der Waals surface area contributed by atoms with Crippen molar-refractivity contribution >= 4 is 11.8 Å². The zero-order valence-corrected chi connectivity index (χ0v) is 11.2. The highest BCUT2D eigenvalue weighted by Gasteiger charge is 2.29. The van der Waals surface area contributed by atoms with Gasteiger partial charge in [-0.05, 0) is 30.0 Å². The average Bonchev–Trinajstić information content (AvgIpc) is 3.01. The number of Topliss-reactive ketones (excluding diaryl/α,β-unsaturated/α-hetero) is 1. The summed E-state index contributed by atoms with van der Waals surface area (Å²) in [6.45, 7) is 0. The molecule has 3 rings (SSSR count). The Hall–Kier alpha value is -2.36. The lowest BCUT2D eigenvalue weighted by molar-refractivity contribution is 0.0686. The fourth-order valence-corrected chi connectivity index (χ4v) is 2.89. The Labute approximate surface area is 116 Å². The van der Waals surface area contributed by atoms with Gasteiger partial charge in [-0.1, -0.05) is 24.3 Å². The van der Waals surface area contributed by atoms with Gasteiger partial charge in [-0.3, -0.25) is 4.79 Å². The minimum absolute atomic E-state index is 0.0318. The van der Waals surface area contributed by atoms with Crippen LogP contribution in [0.2, 0.25) is 0 Å². The Morgan fingerprint density at radius 1 is 1.20 bits per heavy atom. The third-order valence-corrected chi connectivity index (χ3v) is 3.93. The van der Waals surface area contributed by atoms with Gasteiger partial charge in [-0.2, -0.15) is 0 Å². The minimum Gasteiger partial charge on any atom is -0.477 e. The molecule has 0 bridgehead atoms. The van der Waals surface area contributed by atoms with Crippen molar-refractivity contribution in [1.29, 1.82) is 0 Å². The summed E-state index contributed by atoms with van der Waals surface area (Å²) in [4.78, 5) is 23.5. The quantitative estimate of drug-likeness (QED) is 0.870. The van der Waals surface area contributed by atoms with Crippen LogP contribution in [0.25, 0.3) is 0 Å². The van der Waals surface area contributed by atoms with E-state index in [9.17, 15) is 9.59 Å². The number of hydrogen-bond acceptors (Lipinski definition) is 2. The number of aromatic nitrogens is 1. The van der Waals surface area contributed by atoms with Crippen molar-refractivity contribution in [2.45, 2.75) is 12.8 Å². The number of nitrogens with zero attached hydrogens (tertiary/aromatic N) is 1. The van der Waals surface area contributed by atoms with Crippen LogP contribution in [-0.2, 0) is 19.9 Å². The highest BCUT2D eigenvalue weighted by Crippen LogP contribution is 2.29. The molecular weight excluding hydrogens is 254 g/mol. The molecule has 1 aliphatic rings. The lowest BCUT2D eigenvalue weighted by Gasteiger charge is -2.05. The summed E-state index contributed by atoms with van der Waals surface area (Å²) in [6, 6.07) is 9.54. The third kappa shape index (κ3) is 2.03. The van der Waals surface area contributed by atoms with Gasteiger partial charge in [0.1, 0.15) is 5.69 Å². The third-order valence-electron chi connectivity index (χ3n) is 3.93. The van der Waals surface area contributed by atoms with Crippen molar-refractivity contribution in [1.82, 2.24) is 4.57 Å². The fraction of sp³-hybridized carbons (Fsp3) is 0.250. The van der Waals surface area contributed by atoms with E-state index < -0.39 is 5.97 Å². The number of aryl methyl sites for hydroxylation is 1. The van der Waals surface area contributed by atoms with Crippen LogP contribution in [0.4, 0.5) is 0 Å². The lowest BCUT2D eigenvalue weighted by Crippen LogP contribution is -2.14. The molecule has 1 aliphatic carbocycles. The van der Waals surface area contributed by atoms with E-state index >= 15 is 0 Å². The summed E-state index contributed by atoms with van der Waals surface area (Å²) in [5.41, 5.74) is 3.08. The molecule has 4 nitrogen and oxygen atoms in total. The largest absolute Gasteiger partial charge is 0.477 e. The molecule has 0 spiro atoms. The summed E-state index contributed by atoms with van der Waals surface area (Å²) >= 11 is 0. The summed E-state index contributed by atoms with van der Waals surface area (Å²) in [5.74, 6) is -1.05. The minimum atomic E-state index is -1.01. The van der Waals surface area contributed by atoms with E-state index in [0.29, 0.717) is 5.56 Å². The van der Waals surface area contributed by atoms with Gasteiger partial charge in [0.05, 0.1) is 0 Å². The zero-order valence-electron chi connectivity index (χ0n) is 11.2. The van der Waals surface area contributed by atoms with Gasteiger partial charge in [0, 0.05) is 24.7 Å². The van der Waals surface area contributed by atoms with Crippen molar-refractivity contribution in [3.8, 4) is 0 Å². The van der Waals surface area contributed by atoms with Crippen molar-refractivity contribution in [3.05, 3.63) is 58.9 Å². The Morgan fingerprint density at radius 2 is 1.80 bits per heavy atom. The second-order valence-corrected chi connectivity index (χ2v) is 5.27.